The first kappa shape index (κ1) is 16.1. The van der Waals surface area contributed by atoms with Crippen molar-refractivity contribution in [1.82, 2.24) is 29.8 Å². The van der Waals surface area contributed by atoms with Crippen molar-refractivity contribution in [2.45, 2.75) is 12.5 Å². The van der Waals surface area contributed by atoms with Crippen LogP contribution in [0.5, 0.6) is 0 Å². The van der Waals surface area contributed by atoms with Gasteiger partial charge in [0.1, 0.15) is 12.1 Å². The van der Waals surface area contributed by atoms with Crippen LogP contribution in [0.25, 0.3) is 10.9 Å². The minimum Gasteiger partial charge on any atom is -0.437 e. The van der Waals surface area contributed by atoms with Crippen molar-refractivity contribution >= 4 is 16.8 Å². The van der Waals surface area contributed by atoms with E-state index in [0.29, 0.717) is 24.5 Å². The van der Waals surface area contributed by atoms with Crippen molar-refractivity contribution in [3.63, 3.8) is 0 Å². The molecule has 0 aliphatic carbocycles. The molecule has 136 valence electrons. The van der Waals surface area contributed by atoms with Gasteiger partial charge >= 0.3 is 0 Å². The molecule has 0 bridgehead atoms. The summed E-state index contributed by atoms with van der Waals surface area (Å²) in [7, 11) is 0. The third-order valence-electron chi connectivity index (χ3n) is 4.81. The third kappa shape index (κ3) is 2.43. The summed E-state index contributed by atoms with van der Waals surface area (Å²) in [4.78, 5) is 35.2. The number of H-pyrrole nitrogens is 1. The van der Waals surface area contributed by atoms with Gasteiger partial charge in [0.25, 0.3) is 5.91 Å². The van der Waals surface area contributed by atoms with E-state index in [1.165, 1.54) is 0 Å². The van der Waals surface area contributed by atoms with Gasteiger partial charge in [0.2, 0.25) is 5.76 Å². The van der Waals surface area contributed by atoms with Crippen LogP contribution in [-0.2, 0) is 6.42 Å². The van der Waals surface area contributed by atoms with Crippen LogP contribution in [0.1, 0.15) is 39.5 Å². The molecule has 9 nitrogen and oxygen atoms in total. The number of aromatic amines is 1. The summed E-state index contributed by atoms with van der Waals surface area (Å²) in [6.07, 6.45) is 5.02. The molecule has 4 heterocycles. The Kier molecular flexibility index (Phi) is 3.62. The third-order valence-corrected chi connectivity index (χ3v) is 4.81. The number of hydrogen-bond acceptors (Lipinski definition) is 7. The van der Waals surface area contributed by atoms with Crippen LogP contribution in [0, 0.1) is 11.3 Å². The quantitative estimate of drug-likeness (QED) is 0.571. The fourth-order valence-corrected chi connectivity index (χ4v) is 3.48. The molecule has 28 heavy (non-hydrogen) atoms. The van der Waals surface area contributed by atoms with Crippen LogP contribution in [0.4, 0.5) is 0 Å². The molecule has 1 N–H and O–H groups in total. The number of fused-ring (bicyclic) bond motifs is 2. The summed E-state index contributed by atoms with van der Waals surface area (Å²) in [5.74, 6) is -0.0742. The molecule has 0 saturated carbocycles. The number of rotatable bonds is 2. The molecule has 3 aromatic heterocycles. The number of amides is 1. The molecule has 4 aromatic rings. The fraction of sp³-hybridized carbons (Fsp3) is 0.158. The summed E-state index contributed by atoms with van der Waals surface area (Å²) in [5.41, 5.74) is 2.35. The summed E-state index contributed by atoms with van der Waals surface area (Å²) in [6.45, 7) is 0.403. The van der Waals surface area contributed by atoms with Crippen LogP contribution in [-0.4, -0.2) is 42.3 Å². The molecule has 0 saturated heterocycles. The lowest BCUT2D eigenvalue weighted by Gasteiger charge is -2.33. The first-order chi connectivity index (χ1) is 13.8. The molecule has 1 aliphatic rings. The van der Waals surface area contributed by atoms with Gasteiger partial charge in [0, 0.05) is 30.2 Å². The zero-order chi connectivity index (χ0) is 19.1. The Hall–Kier alpha value is -4.06. The topological polar surface area (TPSA) is 125 Å². The van der Waals surface area contributed by atoms with E-state index < -0.39 is 11.9 Å². The predicted octanol–water partition coefficient (Wildman–Crippen LogP) is 2.00. The highest BCUT2D eigenvalue weighted by Gasteiger charge is 2.38. The molecule has 1 atom stereocenters. The monoisotopic (exact) mass is 371 g/mol. The van der Waals surface area contributed by atoms with Crippen molar-refractivity contribution in [2.75, 3.05) is 6.54 Å². The first-order valence-corrected chi connectivity index (χ1v) is 8.64. The number of nitrogens with one attached hydrogen (secondary N) is 1. The Morgan fingerprint density at radius 1 is 1.29 bits per heavy atom. The van der Waals surface area contributed by atoms with Crippen molar-refractivity contribution < 1.29 is 9.21 Å². The molecule has 0 spiro atoms. The maximum absolute atomic E-state index is 13.2. The SMILES string of the molecule is N#Cc1ncoc1C(=O)N1CCc2[nH]cnc2[C@H]1c1ncc2ccccc2n1. The van der Waals surface area contributed by atoms with Gasteiger partial charge in [-0.3, -0.25) is 4.79 Å². The lowest BCUT2D eigenvalue weighted by molar-refractivity contribution is 0.0650. The van der Waals surface area contributed by atoms with E-state index in [-0.39, 0.29) is 11.5 Å². The van der Waals surface area contributed by atoms with Crippen molar-refractivity contribution in [1.29, 1.82) is 5.26 Å². The lowest BCUT2D eigenvalue weighted by Crippen LogP contribution is -2.41. The van der Waals surface area contributed by atoms with Gasteiger partial charge in [0.05, 0.1) is 17.5 Å². The van der Waals surface area contributed by atoms with E-state index >= 15 is 0 Å². The van der Waals surface area contributed by atoms with Crippen LogP contribution >= 0.6 is 0 Å². The standard InChI is InChI=1S/C19H13N7O2/c20-7-14-17(28-10-24-14)19(27)26-6-5-13-15(23-9-22-13)16(26)18-21-8-11-3-1-2-4-12(11)25-18/h1-4,8-10,16H,5-6H2,(H,22,23)/t16-/m0/s1. The highest BCUT2D eigenvalue weighted by Crippen LogP contribution is 2.33. The second kappa shape index (κ2) is 6.28. The minimum atomic E-state index is -0.594. The minimum absolute atomic E-state index is 0.0454. The van der Waals surface area contributed by atoms with E-state index in [2.05, 4.69) is 24.9 Å². The fourth-order valence-electron chi connectivity index (χ4n) is 3.48. The van der Waals surface area contributed by atoms with Gasteiger partial charge < -0.3 is 14.3 Å². The number of para-hydroxylation sites is 1. The molecule has 1 aliphatic heterocycles. The van der Waals surface area contributed by atoms with Gasteiger partial charge in [-0.1, -0.05) is 18.2 Å². The van der Waals surface area contributed by atoms with Crippen molar-refractivity contribution in [3.8, 4) is 6.07 Å². The Morgan fingerprint density at radius 3 is 3.07 bits per heavy atom. The second-order valence-electron chi connectivity index (χ2n) is 6.35. The van der Waals surface area contributed by atoms with E-state index in [1.807, 2.05) is 30.3 Å². The molecule has 5 rings (SSSR count). The number of carbonyl (C=O) groups is 1. The van der Waals surface area contributed by atoms with Gasteiger partial charge in [-0.25, -0.2) is 19.9 Å². The average molecular weight is 371 g/mol. The van der Waals surface area contributed by atoms with Crippen LogP contribution < -0.4 is 0 Å². The summed E-state index contributed by atoms with van der Waals surface area (Å²) >= 11 is 0. The number of hydrogen-bond donors (Lipinski definition) is 1. The largest absolute Gasteiger partial charge is 0.437 e. The maximum Gasteiger partial charge on any atom is 0.293 e. The van der Waals surface area contributed by atoms with E-state index in [9.17, 15) is 10.1 Å². The number of benzene rings is 1. The molecule has 9 heteroatoms. The number of oxazole rings is 1. The van der Waals surface area contributed by atoms with E-state index in [4.69, 9.17) is 4.42 Å². The second-order valence-corrected chi connectivity index (χ2v) is 6.35. The number of nitriles is 1. The molecule has 1 aromatic carbocycles. The van der Waals surface area contributed by atoms with Gasteiger partial charge in [-0.15, -0.1) is 0 Å². The van der Waals surface area contributed by atoms with Gasteiger partial charge in [-0.05, 0) is 6.07 Å². The predicted molar refractivity (Wildman–Crippen MR) is 95.9 cm³/mol. The number of imidazole rings is 1. The smallest absolute Gasteiger partial charge is 0.293 e. The lowest BCUT2D eigenvalue weighted by atomic mass is 10.0. The molecule has 0 fully saturated rings. The molecule has 0 unspecified atom stereocenters. The van der Waals surface area contributed by atoms with Crippen molar-refractivity contribution in [2.24, 2.45) is 0 Å². The molecular formula is C19H13N7O2. The molecular weight excluding hydrogens is 358 g/mol. The zero-order valence-corrected chi connectivity index (χ0v) is 14.5. The first-order valence-electron chi connectivity index (χ1n) is 8.64. The van der Waals surface area contributed by atoms with Crippen LogP contribution in [0.2, 0.25) is 0 Å². The Labute approximate surface area is 158 Å². The van der Waals surface area contributed by atoms with Crippen molar-refractivity contribution in [3.05, 3.63) is 71.8 Å². The number of nitrogens with zero attached hydrogens (tertiary/aromatic N) is 6. The Morgan fingerprint density at radius 2 is 2.18 bits per heavy atom. The number of aromatic nitrogens is 5. The number of carbonyl (C=O) groups excluding carboxylic acids is 1. The van der Waals surface area contributed by atoms with Gasteiger partial charge in [-0.2, -0.15) is 5.26 Å². The van der Waals surface area contributed by atoms with E-state index in [0.717, 1.165) is 23.0 Å². The van der Waals surface area contributed by atoms with Crippen LogP contribution in [0.15, 0.2) is 47.6 Å². The average Bonchev–Trinajstić information content (AvgIpc) is 3.41. The molecule has 1 amide bonds. The zero-order valence-electron chi connectivity index (χ0n) is 14.5. The van der Waals surface area contributed by atoms with Gasteiger partial charge in [0.15, 0.2) is 17.9 Å². The van der Waals surface area contributed by atoms with E-state index in [1.54, 1.807) is 17.4 Å². The normalized spacial score (nSPS) is 16.0. The highest BCUT2D eigenvalue weighted by molar-refractivity contribution is 5.94. The summed E-state index contributed by atoms with van der Waals surface area (Å²) in [5, 5.41) is 10.1. The maximum atomic E-state index is 13.2. The summed E-state index contributed by atoms with van der Waals surface area (Å²) in [6, 6.07) is 8.93. The Balaban J connectivity index is 1.64. The molecule has 0 radical (unpaired) electrons. The highest BCUT2D eigenvalue weighted by atomic mass is 16.3. The summed E-state index contributed by atoms with van der Waals surface area (Å²) < 4.78 is 5.20. The Bertz CT molecular complexity index is 1240. The van der Waals surface area contributed by atoms with Crippen LogP contribution in [0.3, 0.4) is 0 Å².